The van der Waals surface area contributed by atoms with Crippen molar-refractivity contribution in [3.8, 4) is 0 Å². The molecule has 1 aromatic rings. The van der Waals surface area contributed by atoms with Crippen molar-refractivity contribution < 1.29 is 15.1 Å². The molecule has 0 radical (unpaired) electrons. The Kier molecular flexibility index (Phi) is 7.84. The summed E-state index contributed by atoms with van der Waals surface area (Å²) in [5.41, 5.74) is 1.21. The van der Waals surface area contributed by atoms with Crippen molar-refractivity contribution in [2.75, 3.05) is 0 Å². The van der Waals surface area contributed by atoms with Crippen LogP contribution in [0.15, 0.2) is 24.3 Å². The molecule has 1 rings (SSSR count). The fourth-order valence-corrected chi connectivity index (χ4v) is 0.850. The van der Waals surface area contributed by atoms with E-state index in [0.717, 1.165) is 5.02 Å². The summed E-state index contributed by atoms with van der Waals surface area (Å²) < 4.78 is 0. The standard InChI is InChI=1S/C7H7Cl.2ClH.Zn/c1-6-3-2-4-7(8)5-6;;;/h2-5H,1H3;2*1H;/q;;;+2/p-2. The van der Waals surface area contributed by atoms with Crippen LogP contribution in [0, 0.1) is 6.92 Å². The molecule has 0 unspecified atom stereocenters. The zero-order valence-corrected chi connectivity index (χ0v) is 11.4. The van der Waals surface area contributed by atoms with Crippen LogP contribution in [0.4, 0.5) is 0 Å². The van der Waals surface area contributed by atoms with Gasteiger partial charge in [-0.3, -0.25) is 0 Å². The molecule has 11 heavy (non-hydrogen) atoms. The Labute approximate surface area is 87.5 Å². The van der Waals surface area contributed by atoms with E-state index in [1.54, 1.807) is 0 Å². The summed E-state index contributed by atoms with van der Waals surface area (Å²) in [4.78, 5) is 0. The number of halogens is 3. The van der Waals surface area contributed by atoms with Gasteiger partial charge in [-0.2, -0.15) is 0 Å². The van der Waals surface area contributed by atoms with Crippen molar-refractivity contribution in [1.29, 1.82) is 0 Å². The van der Waals surface area contributed by atoms with Crippen LogP contribution < -0.4 is 0 Å². The van der Waals surface area contributed by atoms with Gasteiger partial charge < -0.3 is 0 Å². The molecule has 0 atom stereocenters. The van der Waals surface area contributed by atoms with E-state index in [-0.39, 0.29) is 0 Å². The van der Waals surface area contributed by atoms with Crippen molar-refractivity contribution >= 4 is 31.0 Å². The third kappa shape index (κ3) is 7.09. The van der Waals surface area contributed by atoms with Crippen LogP contribution in [-0.4, -0.2) is 0 Å². The van der Waals surface area contributed by atoms with E-state index in [9.17, 15) is 0 Å². The van der Waals surface area contributed by atoms with Gasteiger partial charge in [-0.25, -0.2) is 0 Å². The second-order valence-electron chi connectivity index (χ2n) is 1.90. The van der Waals surface area contributed by atoms with Crippen molar-refractivity contribution in [2.24, 2.45) is 0 Å². The second kappa shape index (κ2) is 7.37. The normalized spacial score (nSPS) is 7.64. The molecule has 0 heterocycles. The van der Waals surface area contributed by atoms with Gasteiger partial charge in [-0.05, 0) is 24.6 Å². The van der Waals surface area contributed by atoms with E-state index < -0.39 is 15.1 Å². The van der Waals surface area contributed by atoms with Gasteiger partial charge in [0.05, 0.1) is 0 Å². The van der Waals surface area contributed by atoms with Crippen LogP contribution in [0.2, 0.25) is 5.02 Å². The van der Waals surface area contributed by atoms with E-state index in [1.165, 1.54) is 5.56 Å². The average molecular weight is 263 g/mol. The Morgan fingerprint density at radius 2 is 1.82 bits per heavy atom. The van der Waals surface area contributed by atoms with E-state index in [4.69, 9.17) is 31.0 Å². The minimum absolute atomic E-state index is 0.810. The molecule has 0 aliphatic carbocycles. The molecule has 0 aliphatic heterocycles. The van der Waals surface area contributed by atoms with Crippen LogP contribution in [0.5, 0.6) is 0 Å². The molecule has 4 heteroatoms. The predicted octanol–water partition coefficient (Wildman–Crippen LogP) is 4.02. The van der Waals surface area contributed by atoms with Crippen LogP contribution in [0.3, 0.4) is 0 Å². The van der Waals surface area contributed by atoms with E-state index in [1.807, 2.05) is 31.2 Å². The summed E-state index contributed by atoms with van der Waals surface area (Å²) in [7, 11) is 9.90. The van der Waals surface area contributed by atoms with E-state index in [2.05, 4.69) is 0 Å². The number of aryl methyl sites for hydroxylation is 1. The molecule has 0 saturated heterocycles. The monoisotopic (exact) mass is 260 g/mol. The first kappa shape index (κ1) is 11.7. The summed E-state index contributed by atoms with van der Waals surface area (Å²) in [6.07, 6.45) is 0. The Balaban J connectivity index is 0.000000292. The molecule has 1 aromatic carbocycles. The summed E-state index contributed by atoms with van der Waals surface area (Å²) >= 11 is 4.71. The van der Waals surface area contributed by atoms with Crippen molar-refractivity contribution in [3.63, 3.8) is 0 Å². The number of rotatable bonds is 0. The summed E-state index contributed by atoms with van der Waals surface area (Å²) in [5.74, 6) is 0. The van der Waals surface area contributed by atoms with Gasteiger partial charge in [0.2, 0.25) is 0 Å². The van der Waals surface area contributed by atoms with Gasteiger partial charge in [-0.15, -0.1) is 0 Å². The maximum absolute atomic E-state index is 5.64. The molecular weight excluding hydrogens is 256 g/mol. The second-order valence-corrected chi connectivity index (χ2v) is 6.96. The summed E-state index contributed by atoms with van der Waals surface area (Å²) in [6.45, 7) is 2.02. The minimum atomic E-state index is -0.931. The molecule has 0 bridgehead atoms. The first-order valence-electron chi connectivity index (χ1n) is 3.04. The van der Waals surface area contributed by atoms with Gasteiger partial charge in [0.1, 0.15) is 0 Å². The maximum atomic E-state index is 5.64. The quantitative estimate of drug-likeness (QED) is 0.620. The van der Waals surface area contributed by atoms with Gasteiger partial charge in [0, 0.05) is 5.02 Å². The summed E-state index contributed by atoms with van der Waals surface area (Å²) in [6, 6.07) is 7.76. The van der Waals surface area contributed by atoms with Crippen LogP contribution in [-0.2, 0) is 15.1 Å². The molecule has 0 aromatic heterocycles. The molecule has 58 valence electrons. The zero-order valence-electron chi connectivity index (χ0n) is 6.15. The molecule has 0 nitrogen and oxygen atoms in total. The Morgan fingerprint density at radius 1 is 1.27 bits per heavy atom. The number of benzene rings is 1. The summed E-state index contributed by atoms with van der Waals surface area (Å²) in [5, 5.41) is 0.810. The fraction of sp³-hybridized carbons (Fsp3) is 0.143. The SMILES string of the molecule is Cc1cccc(Cl)c1.[Cl][Zn][Cl]. The third-order valence-corrected chi connectivity index (χ3v) is 1.22. The molecule has 0 saturated carbocycles. The molecule has 0 fully saturated rings. The molecular formula is C7H7Cl3Zn. The Hall–Kier alpha value is 0.713. The molecule has 0 aliphatic rings. The zero-order chi connectivity index (χ0) is 8.69. The first-order valence-corrected chi connectivity index (χ1v) is 11.2. The van der Waals surface area contributed by atoms with E-state index in [0.29, 0.717) is 0 Å². The van der Waals surface area contributed by atoms with Crippen molar-refractivity contribution in [3.05, 3.63) is 34.9 Å². The number of hydrogen-bond acceptors (Lipinski definition) is 0. The van der Waals surface area contributed by atoms with Crippen LogP contribution in [0.1, 0.15) is 5.56 Å². The first-order chi connectivity index (χ1) is 5.20. The molecule has 0 N–H and O–H groups in total. The number of hydrogen-bond donors (Lipinski definition) is 0. The van der Waals surface area contributed by atoms with Crippen LogP contribution in [0.25, 0.3) is 0 Å². The Morgan fingerprint density at radius 3 is 2.09 bits per heavy atom. The third-order valence-electron chi connectivity index (χ3n) is 0.980. The van der Waals surface area contributed by atoms with Gasteiger partial charge >= 0.3 is 34.5 Å². The van der Waals surface area contributed by atoms with Gasteiger partial charge in [0.25, 0.3) is 0 Å². The fourth-order valence-electron chi connectivity index (χ4n) is 0.606. The predicted molar refractivity (Wildman–Crippen MR) is 47.9 cm³/mol. The van der Waals surface area contributed by atoms with Crippen molar-refractivity contribution in [2.45, 2.75) is 6.92 Å². The van der Waals surface area contributed by atoms with Crippen LogP contribution >= 0.6 is 31.0 Å². The van der Waals surface area contributed by atoms with Gasteiger partial charge in [0.15, 0.2) is 0 Å². The average Bonchev–Trinajstić information content (AvgIpc) is 1.88. The Bertz CT molecular complexity index is 185. The van der Waals surface area contributed by atoms with Gasteiger partial charge in [-0.1, -0.05) is 23.7 Å². The van der Waals surface area contributed by atoms with Crippen molar-refractivity contribution in [1.82, 2.24) is 0 Å². The molecule has 0 amide bonds. The molecule has 0 spiro atoms. The topological polar surface area (TPSA) is 0 Å². The van der Waals surface area contributed by atoms with E-state index >= 15 is 0 Å².